The average molecular weight is 320 g/mol. The lowest BCUT2D eigenvalue weighted by Crippen LogP contribution is -1.91. The van der Waals surface area contributed by atoms with Crippen LogP contribution < -0.4 is 0 Å². The summed E-state index contributed by atoms with van der Waals surface area (Å²) in [6, 6.07) is 12.6. The van der Waals surface area contributed by atoms with E-state index in [0.717, 1.165) is 5.69 Å². The van der Waals surface area contributed by atoms with Crippen molar-refractivity contribution in [2.24, 2.45) is 0 Å². The number of rotatable bonds is 1. The van der Waals surface area contributed by atoms with Crippen molar-refractivity contribution in [3.8, 4) is 5.69 Å². The summed E-state index contributed by atoms with van der Waals surface area (Å²) in [5, 5.41) is 1.27. The van der Waals surface area contributed by atoms with Crippen molar-refractivity contribution in [1.29, 1.82) is 0 Å². The van der Waals surface area contributed by atoms with Gasteiger partial charge in [0.15, 0.2) is 0 Å². The molecule has 1 aromatic carbocycles. The summed E-state index contributed by atoms with van der Waals surface area (Å²) in [6.45, 7) is 0. The van der Waals surface area contributed by atoms with Crippen LogP contribution in [-0.4, -0.2) is 9.55 Å². The number of hydrogen-bond acceptors (Lipinski definition) is 1. The molecule has 3 rings (SSSR count). The molecule has 0 amide bonds. The van der Waals surface area contributed by atoms with E-state index in [1.807, 2.05) is 24.5 Å². The van der Waals surface area contributed by atoms with E-state index in [-0.39, 0.29) is 0 Å². The number of aromatic nitrogens is 2. The van der Waals surface area contributed by atoms with E-state index in [2.05, 4.69) is 62.6 Å². The topological polar surface area (TPSA) is 17.8 Å². The third-order valence-corrected chi connectivity index (χ3v) is 3.26. The Kier molecular flexibility index (Phi) is 2.40. The van der Waals surface area contributed by atoms with Crippen molar-refractivity contribution < 1.29 is 0 Å². The van der Waals surface area contributed by atoms with Crippen molar-refractivity contribution in [2.75, 3.05) is 0 Å². The molecule has 2 nitrogen and oxygen atoms in total. The highest BCUT2D eigenvalue weighted by Crippen LogP contribution is 2.21. The van der Waals surface area contributed by atoms with Crippen LogP contribution in [0.25, 0.3) is 16.6 Å². The Balaban J connectivity index is 2.26. The second-order valence-corrected chi connectivity index (χ2v) is 4.84. The van der Waals surface area contributed by atoms with Crippen LogP contribution in [0.4, 0.5) is 0 Å². The summed E-state index contributed by atoms with van der Waals surface area (Å²) in [6.07, 6.45) is 5.72. The van der Waals surface area contributed by atoms with Gasteiger partial charge < -0.3 is 4.57 Å². The standard InChI is InChI=1S/C13H9IN2/c14-11-1-2-13-10(9-11)5-8-16(13)12-3-6-15-7-4-12/h1-9H. The first-order valence-electron chi connectivity index (χ1n) is 5.01. The van der Waals surface area contributed by atoms with Gasteiger partial charge in [-0.15, -0.1) is 0 Å². The van der Waals surface area contributed by atoms with Crippen molar-refractivity contribution in [3.63, 3.8) is 0 Å². The lowest BCUT2D eigenvalue weighted by atomic mass is 10.2. The fraction of sp³-hybridized carbons (Fsp3) is 0. The lowest BCUT2D eigenvalue weighted by molar-refractivity contribution is 1.11. The van der Waals surface area contributed by atoms with Gasteiger partial charge in [0, 0.05) is 33.2 Å². The molecule has 0 saturated carbocycles. The van der Waals surface area contributed by atoms with Gasteiger partial charge in [-0.2, -0.15) is 0 Å². The third-order valence-electron chi connectivity index (χ3n) is 2.59. The largest absolute Gasteiger partial charge is 0.316 e. The molecule has 3 aromatic rings. The van der Waals surface area contributed by atoms with Gasteiger partial charge in [0.25, 0.3) is 0 Å². The second-order valence-electron chi connectivity index (χ2n) is 3.59. The first-order valence-corrected chi connectivity index (χ1v) is 6.09. The molecule has 0 aliphatic heterocycles. The molecule has 0 radical (unpaired) electrons. The maximum absolute atomic E-state index is 4.03. The molecule has 0 N–H and O–H groups in total. The van der Waals surface area contributed by atoms with Crippen molar-refractivity contribution >= 4 is 33.5 Å². The van der Waals surface area contributed by atoms with Crippen LogP contribution in [0.15, 0.2) is 55.0 Å². The number of hydrogen-bond donors (Lipinski definition) is 0. The number of nitrogens with zero attached hydrogens (tertiary/aromatic N) is 2. The van der Waals surface area contributed by atoms with Gasteiger partial charge in [-0.25, -0.2) is 0 Å². The lowest BCUT2D eigenvalue weighted by Gasteiger charge is -2.04. The van der Waals surface area contributed by atoms with Crippen molar-refractivity contribution in [2.45, 2.75) is 0 Å². The summed E-state index contributed by atoms with van der Waals surface area (Å²) >= 11 is 2.33. The second kappa shape index (κ2) is 3.90. The highest BCUT2D eigenvalue weighted by atomic mass is 127. The number of benzene rings is 1. The maximum atomic E-state index is 4.03. The SMILES string of the molecule is Ic1ccc2c(ccn2-c2ccncc2)c1. The molecule has 0 spiro atoms. The Labute approximate surface area is 107 Å². The monoisotopic (exact) mass is 320 g/mol. The normalized spacial score (nSPS) is 10.8. The molecule has 16 heavy (non-hydrogen) atoms. The molecule has 0 aliphatic carbocycles. The van der Waals surface area contributed by atoms with E-state index >= 15 is 0 Å². The first-order chi connectivity index (χ1) is 7.84. The Morgan fingerprint density at radius 1 is 1.00 bits per heavy atom. The van der Waals surface area contributed by atoms with Gasteiger partial charge in [-0.05, 0) is 59.0 Å². The third kappa shape index (κ3) is 1.61. The first kappa shape index (κ1) is 9.84. The molecule has 0 atom stereocenters. The highest BCUT2D eigenvalue weighted by molar-refractivity contribution is 14.1. The van der Waals surface area contributed by atoms with E-state index in [0.29, 0.717) is 0 Å². The molecule has 0 aliphatic rings. The minimum absolute atomic E-state index is 1.14. The van der Waals surface area contributed by atoms with Gasteiger partial charge >= 0.3 is 0 Å². The van der Waals surface area contributed by atoms with Crippen LogP contribution in [0.1, 0.15) is 0 Å². The van der Waals surface area contributed by atoms with E-state index in [4.69, 9.17) is 0 Å². The zero-order chi connectivity index (χ0) is 11.0. The van der Waals surface area contributed by atoms with Crippen LogP contribution in [0.2, 0.25) is 0 Å². The molecule has 78 valence electrons. The van der Waals surface area contributed by atoms with Gasteiger partial charge in [0.05, 0.1) is 5.52 Å². The van der Waals surface area contributed by atoms with E-state index in [1.54, 1.807) is 0 Å². The summed E-state index contributed by atoms with van der Waals surface area (Å²) in [5.41, 5.74) is 2.37. The zero-order valence-corrected chi connectivity index (χ0v) is 10.6. The molecule has 0 bridgehead atoms. The van der Waals surface area contributed by atoms with E-state index in [9.17, 15) is 0 Å². The van der Waals surface area contributed by atoms with Crippen molar-refractivity contribution in [1.82, 2.24) is 9.55 Å². The Morgan fingerprint density at radius 3 is 2.62 bits per heavy atom. The predicted molar refractivity (Wildman–Crippen MR) is 73.8 cm³/mol. The van der Waals surface area contributed by atoms with Crippen LogP contribution >= 0.6 is 22.6 Å². The Morgan fingerprint density at radius 2 is 1.81 bits per heavy atom. The molecule has 3 heteroatoms. The van der Waals surface area contributed by atoms with Gasteiger partial charge in [0.2, 0.25) is 0 Å². The predicted octanol–water partition coefficient (Wildman–Crippen LogP) is 3.63. The van der Waals surface area contributed by atoms with Crippen LogP contribution in [0.3, 0.4) is 0 Å². The minimum Gasteiger partial charge on any atom is -0.316 e. The van der Waals surface area contributed by atoms with Gasteiger partial charge in [-0.3, -0.25) is 4.98 Å². The van der Waals surface area contributed by atoms with Crippen LogP contribution in [0.5, 0.6) is 0 Å². The zero-order valence-electron chi connectivity index (χ0n) is 8.47. The quantitative estimate of drug-likeness (QED) is 0.626. The Bertz CT molecular complexity index is 629. The van der Waals surface area contributed by atoms with Crippen LogP contribution in [0, 0.1) is 3.57 Å². The summed E-state index contributed by atoms with van der Waals surface area (Å²) in [5.74, 6) is 0. The van der Waals surface area contributed by atoms with Gasteiger partial charge in [0.1, 0.15) is 0 Å². The van der Waals surface area contributed by atoms with E-state index < -0.39 is 0 Å². The summed E-state index contributed by atoms with van der Waals surface area (Å²) in [7, 11) is 0. The molecule has 0 unspecified atom stereocenters. The Hall–Kier alpha value is -1.36. The fourth-order valence-corrected chi connectivity index (χ4v) is 2.36. The molecule has 0 fully saturated rings. The number of halogens is 1. The van der Waals surface area contributed by atoms with Crippen molar-refractivity contribution in [3.05, 3.63) is 58.6 Å². The fourth-order valence-electron chi connectivity index (χ4n) is 1.84. The average Bonchev–Trinajstić information content (AvgIpc) is 2.73. The summed E-state index contributed by atoms with van der Waals surface area (Å²) in [4.78, 5) is 4.03. The minimum atomic E-state index is 1.14. The smallest absolute Gasteiger partial charge is 0.0529 e. The van der Waals surface area contributed by atoms with E-state index in [1.165, 1.54) is 14.5 Å². The molecular formula is C13H9IN2. The van der Waals surface area contributed by atoms with Crippen LogP contribution in [-0.2, 0) is 0 Å². The molecule has 2 aromatic heterocycles. The maximum Gasteiger partial charge on any atom is 0.0529 e. The number of pyridine rings is 1. The molecule has 0 saturated heterocycles. The molecule has 2 heterocycles. The summed E-state index contributed by atoms with van der Waals surface area (Å²) < 4.78 is 3.44. The van der Waals surface area contributed by atoms with Gasteiger partial charge in [-0.1, -0.05) is 0 Å². The highest BCUT2D eigenvalue weighted by Gasteiger charge is 2.02. The molecular weight excluding hydrogens is 311 g/mol. The number of fused-ring (bicyclic) bond motifs is 1.